The highest BCUT2D eigenvalue weighted by Gasteiger charge is 2.22. The number of para-hydroxylation sites is 2. The monoisotopic (exact) mass is 389 g/mol. The molecule has 0 unspecified atom stereocenters. The van der Waals surface area contributed by atoms with Crippen molar-refractivity contribution in [3.63, 3.8) is 0 Å². The Labute approximate surface area is 168 Å². The summed E-state index contributed by atoms with van der Waals surface area (Å²) in [5.41, 5.74) is 1.70. The molecule has 148 valence electrons. The Bertz CT molecular complexity index is 1160. The fraction of sp³-hybridized carbons (Fsp3) is 0.318. The highest BCUT2D eigenvalue weighted by atomic mass is 16.4. The van der Waals surface area contributed by atoms with E-state index in [0.29, 0.717) is 24.0 Å². The second-order valence-corrected chi connectivity index (χ2v) is 7.44. The Morgan fingerprint density at radius 2 is 1.86 bits per heavy atom. The van der Waals surface area contributed by atoms with E-state index in [0.717, 1.165) is 49.0 Å². The quantitative estimate of drug-likeness (QED) is 0.566. The van der Waals surface area contributed by atoms with Crippen LogP contribution in [0.5, 0.6) is 0 Å². The molecule has 2 aromatic heterocycles. The number of oxazole rings is 1. The lowest BCUT2D eigenvalue weighted by Gasteiger charge is -2.31. The normalized spacial score (nSPS) is 15.4. The molecule has 4 aromatic rings. The van der Waals surface area contributed by atoms with E-state index in [1.807, 2.05) is 48.5 Å². The molecular formula is C22H23N5O2. The Morgan fingerprint density at radius 1 is 1.07 bits per heavy atom. The van der Waals surface area contributed by atoms with Crippen molar-refractivity contribution in [3.05, 3.63) is 65.1 Å². The highest BCUT2D eigenvalue weighted by Crippen LogP contribution is 2.24. The van der Waals surface area contributed by atoms with Gasteiger partial charge in [-0.15, -0.1) is 0 Å². The average Bonchev–Trinajstić information content (AvgIpc) is 3.20. The Hall–Kier alpha value is -3.19. The summed E-state index contributed by atoms with van der Waals surface area (Å²) in [4.78, 5) is 19.3. The second kappa shape index (κ2) is 7.67. The molecule has 1 aliphatic heterocycles. The van der Waals surface area contributed by atoms with Gasteiger partial charge in [-0.2, -0.15) is 10.1 Å². The summed E-state index contributed by atoms with van der Waals surface area (Å²) in [7, 11) is 0. The van der Waals surface area contributed by atoms with E-state index >= 15 is 0 Å². The lowest BCUT2D eigenvalue weighted by molar-refractivity contribution is 0.388. The number of nitrogens with zero attached hydrogens (tertiary/aromatic N) is 4. The third-order valence-corrected chi connectivity index (χ3v) is 5.57. The standard InChI is InChI=1S/C22H23N5O2/c28-21-18-6-2-1-5-16(18)15-24-27(21)14-11-23-17-9-12-26(13-10-17)22-25-19-7-3-4-8-20(19)29-22/h1-8,15,17,23H,9-14H2. The van der Waals surface area contributed by atoms with E-state index in [9.17, 15) is 4.79 Å². The second-order valence-electron chi connectivity index (χ2n) is 7.44. The molecule has 29 heavy (non-hydrogen) atoms. The third-order valence-electron chi connectivity index (χ3n) is 5.57. The topological polar surface area (TPSA) is 76.2 Å². The number of fused-ring (bicyclic) bond motifs is 2. The predicted octanol–water partition coefficient (Wildman–Crippen LogP) is 2.80. The summed E-state index contributed by atoms with van der Waals surface area (Å²) in [6.45, 7) is 3.09. The fourth-order valence-corrected chi connectivity index (χ4v) is 3.93. The summed E-state index contributed by atoms with van der Waals surface area (Å²) in [6, 6.07) is 16.6. The van der Waals surface area contributed by atoms with Gasteiger partial charge in [-0.3, -0.25) is 4.79 Å². The average molecular weight is 389 g/mol. The van der Waals surface area contributed by atoms with Crippen LogP contribution >= 0.6 is 0 Å². The van der Waals surface area contributed by atoms with E-state index < -0.39 is 0 Å². The van der Waals surface area contributed by atoms with Gasteiger partial charge in [-0.05, 0) is 31.0 Å². The zero-order valence-electron chi connectivity index (χ0n) is 16.1. The van der Waals surface area contributed by atoms with Gasteiger partial charge in [0.2, 0.25) is 0 Å². The van der Waals surface area contributed by atoms with Crippen molar-refractivity contribution in [2.24, 2.45) is 0 Å². The molecular weight excluding hydrogens is 366 g/mol. The zero-order chi connectivity index (χ0) is 19.6. The van der Waals surface area contributed by atoms with Crippen molar-refractivity contribution < 1.29 is 4.42 Å². The fourth-order valence-electron chi connectivity index (χ4n) is 3.93. The van der Waals surface area contributed by atoms with Gasteiger partial charge in [0.15, 0.2) is 5.58 Å². The summed E-state index contributed by atoms with van der Waals surface area (Å²) in [6.07, 6.45) is 3.78. The van der Waals surface area contributed by atoms with Crippen LogP contribution < -0.4 is 15.8 Å². The zero-order valence-corrected chi connectivity index (χ0v) is 16.1. The molecule has 0 spiro atoms. The number of aromatic nitrogens is 3. The Morgan fingerprint density at radius 3 is 2.72 bits per heavy atom. The van der Waals surface area contributed by atoms with Crippen LogP contribution in [-0.4, -0.2) is 40.4 Å². The van der Waals surface area contributed by atoms with E-state index in [-0.39, 0.29) is 5.56 Å². The van der Waals surface area contributed by atoms with Gasteiger partial charge in [0, 0.05) is 31.1 Å². The highest BCUT2D eigenvalue weighted by molar-refractivity contribution is 5.80. The number of anilines is 1. The Kier molecular flexibility index (Phi) is 4.73. The summed E-state index contributed by atoms with van der Waals surface area (Å²) in [5.74, 6) is 0. The first-order chi connectivity index (χ1) is 14.3. The van der Waals surface area contributed by atoms with E-state index in [1.165, 1.54) is 0 Å². The molecule has 2 aromatic carbocycles. The first-order valence-electron chi connectivity index (χ1n) is 10.1. The molecule has 1 aliphatic rings. The van der Waals surface area contributed by atoms with Crippen LogP contribution in [0.3, 0.4) is 0 Å². The molecule has 3 heterocycles. The van der Waals surface area contributed by atoms with Gasteiger partial charge >= 0.3 is 0 Å². The van der Waals surface area contributed by atoms with Crippen molar-refractivity contribution in [3.8, 4) is 0 Å². The predicted molar refractivity (Wildman–Crippen MR) is 113 cm³/mol. The first-order valence-corrected chi connectivity index (χ1v) is 10.1. The molecule has 0 saturated carbocycles. The minimum absolute atomic E-state index is 0.0318. The third kappa shape index (κ3) is 3.61. The summed E-state index contributed by atoms with van der Waals surface area (Å²) >= 11 is 0. The van der Waals surface area contributed by atoms with Crippen molar-refractivity contribution >= 4 is 27.9 Å². The van der Waals surface area contributed by atoms with E-state index in [1.54, 1.807) is 10.9 Å². The SMILES string of the molecule is O=c1c2ccccc2cnn1CCNC1CCN(c2nc3ccccc3o2)CC1. The number of hydrogen-bond donors (Lipinski definition) is 1. The number of nitrogens with one attached hydrogen (secondary N) is 1. The molecule has 1 fully saturated rings. The number of piperidine rings is 1. The minimum Gasteiger partial charge on any atom is -0.423 e. The summed E-state index contributed by atoms with van der Waals surface area (Å²) < 4.78 is 7.42. The largest absolute Gasteiger partial charge is 0.423 e. The molecule has 0 amide bonds. The molecule has 7 heteroatoms. The minimum atomic E-state index is -0.0318. The van der Waals surface area contributed by atoms with Crippen LogP contribution in [0.25, 0.3) is 21.9 Å². The van der Waals surface area contributed by atoms with Crippen LogP contribution in [0.1, 0.15) is 12.8 Å². The smallest absolute Gasteiger partial charge is 0.298 e. The molecule has 7 nitrogen and oxygen atoms in total. The Balaban J connectivity index is 1.15. The van der Waals surface area contributed by atoms with Gasteiger partial charge in [0.1, 0.15) is 5.52 Å². The van der Waals surface area contributed by atoms with E-state index in [4.69, 9.17) is 4.42 Å². The van der Waals surface area contributed by atoms with Gasteiger partial charge in [0.25, 0.3) is 11.6 Å². The van der Waals surface area contributed by atoms with Crippen LogP contribution in [-0.2, 0) is 6.54 Å². The first kappa shape index (κ1) is 17.9. The molecule has 0 aliphatic carbocycles. The molecule has 1 N–H and O–H groups in total. The van der Waals surface area contributed by atoms with Crippen LogP contribution in [0.4, 0.5) is 6.01 Å². The number of rotatable bonds is 5. The van der Waals surface area contributed by atoms with E-state index in [2.05, 4.69) is 20.3 Å². The van der Waals surface area contributed by atoms with Gasteiger partial charge < -0.3 is 14.6 Å². The van der Waals surface area contributed by atoms with Gasteiger partial charge in [-0.25, -0.2) is 4.68 Å². The van der Waals surface area contributed by atoms with Crippen LogP contribution in [0.15, 0.2) is 63.9 Å². The maximum atomic E-state index is 12.5. The van der Waals surface area contributed by atoms with Gasteiger partial charge in [-0.1, -0.05) is 30.3 Å². The van der Waals surface area contributed by atoms with Crippen LogP contribution in [0, 0.1) is 0 Å². The maximum absolute atomic E-state index is 12.5. The maximum Gasteiger partial charge on any atom is 0.298 e. The number of hydrogen-bond acceptors (Lipinski definition) is 6. The van der Waals surface area contributed by atoms with Crippen molar-refractivity contribution in [1.29, 1.82) is 0 Å². The number of benzene rings is 2. The molecule has 1 saturated heterocycles. The van der Waals surface area contributed by atoms with Gasteiger partial charge in [0.05, 0.1) is 18.1 Å². The molecule has 0 atom stereocenters. The lowest BCUT2D eigenvalue weighted by Crippen LogP contribution is -2.44. The van der Waals surface area contributed by atoms with Crippen LogP contribution in [0.2, 0.25) is 0 Å². The molecule has 5 rings (SSSR count). The summed E-state index contributed by atoms with van der Waals surface area (Å²) in [5, 5.41) is 9.46. The lowest BCUT2D eigenvalue weighted by atomic mass is 10.1. The van der Waals surface area contributed by atoms with Crippen molar-refractivity contribution in [2.75, 3.05) is 24.5 Å². The van der Waals surface area contributed by atoms with Crippen molar-refractivity contribution in [2.45, 2.75) is 25.4 Å². The molecule has 0 bridgehead atoms. The van der Waals surface area contributed by atoms with Crippen molar-refractivity contribution in [1.82, 2.24) is 20.1 Å². The molecule has 0 radical (unpaired) electrons.